The van der Waals surface area contributed by atoms with Crippen LogP contribution >= 0.6 is 0 Å². The van der Waals surface area contributed by atoms with E-state index in [9.17, 15) is 4.79 Å². The summed E-state index contributed by atoms with van der Waals surface area (Å²) in [5.41, 5.74) is 4.04. The van der Waals surface area contributed by atoms with Crippen LogP contribution < -0.4 is 25.0 Å². The van der Waals surface area contributed by atoms with E-state index in [0.29, 0.717) is 11.5 Å². The molecule has 0 atom stereocenters. The minimum Gasteiger partial charge on any atom is -0.497 e. The number of nitrogens with one attached hydrogen (secondary N) is 2. The van der Waals surface area contributed by atoms with Gasteiger partial charge in [0.15, 0.2) is 18.2 Å². The van der Waals surface area contributed by atoms with Gasteiger partial charge in [-0.15, -0.1) is 0 Å². The highest BCUT2D eigenvalue weighted by Crippen LogP contribution is 2.27. The topological polar surface area (TPSA) is 99.0 Å². The standard InChI is InChI=1S/C21H23N5O4/c1-28-18-7-5-17(6-8-18)22-14-21(27)25-23-13-16-4-9-19(29-2)20(12-16)30-15-26-11-3-10-24-26/h3-13,22H,14-15H2,1-2H3,(H,25,27)/b23-13-. The van der Waals surface area contributed by atoms with Crippen molar-refractivity contribution in [3.8, 4) is 17.2 Å². The molecule has 3 aromatic rings. The van der Waals surface area contributed by atoms with E-state index in [1.54, 1.807) is 43.4 Å². The van der Waals surface area contributed by atoms with E-state index in [4.69, 9.17) is 14.2 Å². The SMILES string of the molecule is COc1ccc(NCC(=O)N/N=C\c2ccc(OC)c(OCn3cccn3)c2)cc1. The Morgan fingerprint density at radius 1 is 1.13 bits per heavy atom. The number of hydrogen-bond donors (Lipinski definition) is 2. The number of carbonyl (C=O) groups is 1. The third-order valence-corrected chi connectivity index (χ3v) is 4.05. The number of anilines is 1. The lowest BCUT2D eigenvalue weighted by Gasteiger charge is -2.11. The number of hydrazone groups is 1. The van der Waals surface area contributed by atoms with Crippen molar-refractivity contribution in [1.82, 2.24) is 15.2 Å². The number of carbonyl (C=O) groups excluding carboxylic acids is 1. The molecular weight excluding hydrogens is 386 g/mol. The molecule has 0 aliphatic rings. The minimum absolute atomic E-state index is 0.0878. The van der Waals surface area contributed by atoms with Crippen LogP contribution in [0.3, 0.4) is 0 Å². The van der Waals surface area contributed by atoms with Gasteiger partial charge in [-0.25, -0.2) is 10.1 Å². The first-order valence-electron chi connectivity index (χ1n) is 9.16. The first-order chi connectivity index (χ1) is 14.7. The van der Waals surface area contributed by atoms with E-state index in [0.717, 1.165) is 17.0 Å². The Balaban J connectivity index is 1.51. The van der Waals surface area contributed by atoms with Gasteiger partial charge in [0.2, 0.25) is 0 Å². The third kappa shape index (κ3) is 5.99. The van der Waals surface area contributed by atoms with Crippen LogP contribution in [0.1, 0.15) is 5.56 Å². The van der Waals surface area contributed by atoms with E-state index in [-0.39, 0.29) is 19.2 Å². The van der Waals surface area contributed by atoms with Gasteiger partial charge in [0, 0.05) is 18.1 Å². The fraction of sp³-hybridized carbons (Fsp3) is 0.190. The molecule has 1 heterocycles. The van der Waals surface area contributed by atoms with Crippen LogP contribution in [0.4, 0.5) is 5.69 Å². The molecule has 0 fully saturated rings. The summed E-state index contributed by atoms with van der Waals surface area (Å²) >= 11 is 0. The number of aromatic nitrogens is 2. The van der Waals surface area contributed by atoms with Crippen molar-refractivity contribution in [2.45, 2.75) is 6.73 Å². The molecule has 30 heavy (non-hydrogen) atoms. The number of rotatable bonds is 10. The van der Waals surface area contributed by atoms with Gasteiger partial charge in [-0.1, -0.05) is 0 Å². The number of methoxy groups -OCH3 is 2. The zero-order valence-corrected chi connectivity index (χ0v) is 16.7. The van der Waals surface area contributed by atoms with Gasteiger partial charge in [0.05, 0.1) is 27.0 Å². The smallest absolute Gasteiger partial charge is 0.259 e. The summed E-state index contributed by atoms with van der Waals surface area (Å²) < 4.78 is 17.8. The Morgan fingerprint density at radius 3 is 2.67 bits per heavy atom. The molecule has 0 aliphatic heterocycles. The van der Waals surface area contributed by atoms with Gasteiger partial charge < -0.3 is 19.5 Å². The highest BCUT2D eigenvalue weighted by Gasteiger charge is 2.06. The first kappa shape index (κ1) is 20.7. The van der Waals surface area contributed by atoms with E-state index in [1.165, 1.54) is 6.21 Å². The second kappa shape index (κ2) is 10.5. The van der Waals surface area contributed by atoms with Crippen LogP contribution in [-0.4, -0.2) is 42.7 Å². The van der Waals surface area contributed by atoms with Crippen molar-refractivity contribution < 1.29 is 19.0 Å². The molecule has 2 N–H and O–H groups in total. The van der Waals surface area contributed by atoms with Gasteiger partial charge >= 0.3 is 0 Å². The summed E-state index contributed by atoms with van der Waals surface area (Å²) in [6.45, 7) is 0.336. The highest BCUT2D eigenvalue weighted by molar-refractivity contribution is 5.84. The van der Waals surface area contributed by atoms with Crippen molar-refractivity contribution >= 4 is 17.8 Å². The highest BCUT2D eigenvalue weighted by atomic mass is 16.5. The summed E-state index contributed by atoms with van der Waals surface area (Å²) in [5.74, 6) is 1.62. The maximum absolute atomic E-state index is 12.0. The molecule has 9 heteroatoms. The lowest BCUT2D eigenvalue weighted by atomic mass is 10.2. The van der Waals surface area contributed by atoms with Crippen LogP contribution in [0.15, 0.2) is 66.0 Å². The minimum atomic E-state index is -0.272. The molecule has 0 unspecified atom stereocenters. The molecule has 2 aromatic carbocycles. The number of ether oxygens (including phenoxy) is 3. The maximum atomic E-state index is 12.0. The zero-order valence-electron chi connectivity index (χ0n) is 16.7. The van der Waals surface area contributed by atoms with E-state index < -0.39 is 0 Å². The Kier molecular flexibility index (Phi) is 7.26. The molecule has 0 saturated heterocycles. The Labute approximate surface area is 174 Å². The second-order valence-corrected chi connectivity index (χ2v) is 6.10. The normalized spacial score (nSPS) is 10.6. The number of nitrogens with zero attached hydrogens (tertiary/aromatic N) is 3. The van der Waals surface area contributed by atoms with Crippen molar-refractivity contribution in [2.75, 3.05) is 26.1 Å². The molecular formula is C21H23N5O4. The summed E-state index contributed by atoms with van der Waals surface area (Å²) in [5, 5.41) is 11.1. The van der Waals surface area contributed by atoms with E-state index >= 15 is 0 Å². The van der Waals surface area contributed by atoms with E-state index in [1.807, 2.05) is 36.4 Å². The number of amides is 1. The largest absolute Gasteiger partial charge is 0.497 e. The van der Waals surface area contributed by atoms with Crippen molar-refractivity contribution in [1.29, 1.82) is 0 Å². The fourth-order valence-corrected chi connectivity index (χ4v) is 2.51. The molecule has 156 valence electrons. The van der Waals surface area contributed by atoms with Gasteiger partial charge in [0.1, 0.15) is 5.75 Å². The summed E-state index contributed by atoms with van der Waals surface area (Å²) in [6.07, 6.45) is 5.01. The predicted molar refractivity (Wildman–Crippen MR) is 113 cm³/mol. The van der Waals surface area contributed by atoms with Crippen molar-refractivity contribution in [3.63, 3.8) is 0 Å². The lowest BCUT2D eigenvalue weighted by Crippen LogP contribution is -2.25. The van der Waals surface area contributed by atoms with Crippen LogP contribution in [0, 0.1) is 0 Å². The molecule has 0 bridgehead atoms. The first-order valence-corrected chi connectivity index (χ1v) is 9.16. The van der Waals surface area contributed by atoms with Crippen molar-refractivity contribution in [2.24, 2.45) is 5.10 Å². The molecule has 1 amide bonds. The fourth-order valence-electron chi connectivity index (χ4n) is 2.51. The lowest BCUT2D eigenvalue weighted by molar-refractivity contribution is -0.119. The van der Waals surface area contributed by atoms with E-state index in [2.05, 4.69) is 20.9 Å². The molecule has 0 saturated carbocycles. The quantitative estimate of drug-likeness (QED) is 0.394. The number of hydrogen-bond acceptors (Lipinski definition) is 7. The van der Waals surface area contributed by atoms with Gasteiger partial charge in [-0.2, -0.15) is 10.2 Å². The van der Waals surface area contributed by atoms with Gasteiger partial charge in [0.25, 0.3) is 5.91 Å². The average molecular weight is 409 g/mol. The van der Waals surface area contributed by atoms with Gasteiger partial charge in [-0.3, -0.25) is 4.79 Å². The molecule has 3 rings (SSSR count). The average Bonchev–Trinajstić information content (AvgIpc) is 3.30. The van der Waals surface area contributed by atoms with Crippen LogP contribution in [0.2, 0.25) is 0 Å². The Hall–Kier alpha value is -4.01. The molecule has 0 radical (unpaired) electrons. The monoisotopic (exact) mass is 409 g/mol. The number of benzene rings is 2. The zero-order chi connectivity index (χ0) is 21.2. The Morgan fingerprint density at radius 2 is 1.97 bits per heavy atom. The van der Waals surface area contributed by atoms with Crippen LogP contribution in [0.5, 0.6) is 17.2 Å². The third-order valence-electron chi connectivity index (χ3n) is 4.05. The summed E-state index contributed by atoms with van der Waals surface area (Å²) in [4.78, 5) is 12.0. The molecule has 9 nitrogen and oxygen atoms in total. The predicted octanol–water partition coefficient (Wildman–Crippen LogP) is 2.50. The second-order valence-electron chi connectivity index (χ2n) is 6.10. The summed E-state index contributed by atoms with van der Waals surface area (Å²) in [6, 6.07) is 14.5. The van der Waals surface area contributed by atoms with Gasteiger partial charge in [-0.05, 0) is 54.1 Å². The molecule has 0 spiro atoms. The van der Waals surface area contributed by atoms with Crippen molar-refractivity contribution in [3.05, 3.63) is 66.5 Å². The molecule has 1 aromatic heterocycles. The maximum Gasteiger partial charge on any atom is 0.259 e. The Bertz CT molecular complexity index is 972. The van der Waals surface area contributed by atoms with Crippen LogP contribution in [0.25, 0.3) is 0 Å². The summed E-state index contributed by atoms with van der Waals surface area (Å²) in [7, 11) is 3.17. The van der Waals surface area contributed by atoms with Crippen LogP contribution in [-0.2, 0) is 11.5 Å². The molecule has 0 aliphatic carbocycles.